The summed E-state index contributed by atoms with van der Waals surface area (Å²) in [5, 5.41) is 21.9. The van der Waals surface area contributed by atoms with Gasteiger partial charge in [0.2, 0.25) is 0 Å². The Morgan fingerprint density at radius 1 is 0.973 bits per heavy atom. The van der Waals surface area contributed by atoms with Crippen LogP contribution in [0.5, 0.6) is 0 Å². The lowest BCUT2D eigenvalue weighted by molar-refractivity contribution is -0.385. The number of nitro groups is 1. The summed E-state index contributed by atoms with van der Waals surface area (Å²) >= 11 is 0. The SMILES string of the molecule is CCCCCCCCCCCCCCCCO[C@H]1CCC[C@@]1(O)COS(=O)(=O)c1cccc([N+](=O)[O-])c1. The molecule has 0 spiro atoms. The highest BCUT2D eigenvalue weighted by atomic mass is 32.2. The van der Waals surface area contributed by atoms with Gasteiger partial charge in [-0.3, -0.25) is 14.3 Å². The van der Waals surface area contributed by atoms with E-state index in [0.29, 0.717) is 19.4 Å². The van der Waals surface area contributed by atoms with Crippen molar-refractivity contribution in [2.45, 2.75) is 133 Å². The summed E-state index contributed by atoms with van der Waals surface area (Å²) < 4.78 is 36.1. The van der Waals surface area contributed by atoms with E-state index in [1.54, 1.807) is 0 Å². The van der Waals surface area contributed by atoms with Gasteiger partial charge in [-0.25, -0.2) is 0 Å². The van der Waals surface area contributed by atoms with Crippen molar-refractivity contribution in [3.63, 3.8) is 0 Å². The first-order chi connectivity index (χ1) is 17.8. The molecule has 0 radical (unpaired) electrons. The number of hydrogen-bond donors (Lipinski definition) is 1. The number of nitro benzene ring substituents is 1. The van der Waals surface area contributed by atoms with E-state index >= 15 is 0 Å². The summed E-state index contributed by atoms with van der Waals surface area (Å²) in [6, 6.07) is 4.70. The maximum atomic E-state index is 12.5. The predicted molar refractivity (Wildman–Crippen MR) is 145 cm³/mol. The molecule has 1 aromatic carbocycles. The van der Waals surface area contributed by atoms with Gasteiger partial charge in [-0.05, 0) is 31.7 Å². The lowest BCUT2D eigenvalue weighted by Crippen LogP contribution is -2.44. The van der Waals surface area contributed by atoms with E-state index in [4.69, 9.17) is 8.92 Å². The number of non-ortho nitro benzene ring substituents is 1. The molecule has 0 unspecified atom stereocenters. The Bertz CT molecular complexity index is 892. The van der Waals surface area contributed by atoms with Crippen LogP contribution in [0.25, 0.3) is 0 Å². The largest absolute Gasteiger partial charge is 0.385 e. The summed E-state index contributed by atoms with van der Waals surface area (Å²) in [6.07, 6.45) is 19.2. The molecule has 2 rings (SSSR count). The first kappa shape index (κ1) is 31.7. The topological polar surface area (TPSA) is 116 Å². The predicted octanol–water partition coefficient (Wildman–Crippen LogP) is 7.08. The molecule has 1 aliphatic carbocycles. The second-order valence-electron chi connectivity index (χ2n) is 10.4. The van der Waals surface area contributed by atoms with Crippen LogP contribution in [0, 0.1) is 10.1 Å². The monoisotopic (exact) mass is 541 g/mol. The number of ether oxygens (including phenoxy) is 1. The third-order valence-corrected chi connectivity index (χ3v) is 8.53. The van der Waals surface area contributed by atoms with E-state index in [1.165, 1.54) is 95.2 Å². The van der Waals surface area contributed by atoms with Crippen LogP contribution < -0.4 is 0 Å². The second-order valence-corrected chi connectivity index (χ2v) is 12.0. The molecule has 1 aliphatic rings. The first-order valence-electron chi connectivity index (χ1n) is 14.3. The number of benzene rings is 1. The van der Waals surface area contributed by atoms with Crippen LogP contribution >= 0.6 is 0 Å². The van der Waals surface area contributed by atoms with Gasteiger partial charge in [-0.1, -0.05) is 96.5 Å². The van der Waals surface area contributed by atoms with Gasteiger partial charge in [0.05, 0.1) is 17.6 Å². The van der Waals surface area contributed by atoms with Crippen molar-refractivity contribution in [3.05, 3.63) is 34.4 Å². The van der Waals surface area contributed by atoms with Gasteiger partial charge in [-0.2, -0.15) is 8.42 Å². The molecule has 0 amide bonds. The zero-order valence-corrected chi connectivity index (χ0v) is 23.4. The number of nitrogens with zero attached hydrogens (tertiary/aromatic N) is 1. The summed E-state index contributed by atoms with van der Waals surface area (Å²) in [4.78, 5) is 9.97. The Labute approximate surface area is 223 Å². The molecule has 0 heterocycles. The van der Waals surface area contributed by atoms with E-state index in [2.05, 4.69) is 6.92 Å². The van der Waals surface area contributed by atoms with Gasteiger partial charge >= 0.3 is 0 Å². The molecule has 1 fully saturated rings. The lowest BCUT2D eigenvalue weighted by Gasteiger charge is -2.29. The minimum absolute atomic E-state index is 0.303. The van der Waals surface area contributed by atoms with E-state index in [-0.39, 0.29) is 10.6 Å². The molecule has 1 N–H and O–H groups in total. The fourth-order valence-corrected chi connectivity index (χ4v) is 5.95. The highest BCUT2D eigenvalue weighted by Crippen LogP contribution is 2.34. The summed E-state index contributed by atoms with van der Waals surface area (Å²) in [7, 11) is -4.24. The van der Waals surface area contributed by atoms with Crippen LogP contribution in [-0.2, 0) is 19.0 Å². The summed E-state index contributed by atoms with van der Waals surface area (Å²) in [5.74, 6) is 0. The smallest absolute Gasteiger partial charge is 0.297 e. The molecule has 0 bridgehead atoms. The highest BCUT2D eigenvalue weighted by molar-refractivity contribution is 7.86. The zero-order valence-electron chi connectivity index (χ0n) is 22.6. The summed E-state index contributed by atoms with van der Waals surface area (Å²) in [6.45, 7) is 2.35. The van der Waals surface area contributed by atoms with E-state index in [9.17, 15) is 23.6 Å². The number of aliphatic hydroxyl groups is 1. The van der Waals surface area contributed by atoms with Crippen molar-refractivity contribution in [2.75, 3.05) is 13.2 Å². The third kappa shape index (κ3) is 11.8. The van der Waals surface area contributed by atoms with E-state index in [0.717, 1.165) is 25.3 Å². The minimum atomic E-state index is -4.24. The molecule has 1 saturated carbocycles. The summed E-state index contributed by atoms with van der Waals surface area (Å²) in [5.41, 5.74) is -1.72. The van der Waals surface area contributed by atoms with Crippen LogP contribution in [0.3, 0.4) is 0 Å². The molecule has 8 nitrogen and oxygen atoms in total. The third-order valence-electron chi connectivity index (χ3n) is 7.27. The Kier molecular flexibility index (Phi) is 14.7. The van der Waals surface area contributed by atoms with Crippen molar-refractivity contribution in [3.8, 4) is 0 Å². The van der Waals surface area contributed by atoms with Gasteiger partial charge < -0.3 is 9.84 Å². The fraction of sp³-hybridized carbons (Fsp3) is 0.786. The van der Waals surface area contributed by atoms with E-state index in [1.807, 2.05) is 0 Å². The molecular formula is C28H47NO7S. The highest BCUT2D eigenvalue weighted by Gasteiger charge is 2.43. The van der Waals surface area contributed by atoms with Crippen LogP contribution in [0.4, 0.5) is 5.69 Å². The first-order valence-corrected chi connectivity index (χ1v) is 15.7. The molecule has 1 aromatic rings. The average molecular weight is 542 g/mol. The molecule has 2 atom stereocenters. The number of hydrogen-bond acceptors (Lipinski definition) is 7. The zero-order chi connectivity index (χ0) is 27.0. The molecule has 0 aliphatic heterocycles. The Balaban J connectivity index is 1.58. The molecule has 212 valence electrons. The van der Waals surface area contributed by atoms with Crippen molar-refractivity contribution < 1.29 is 27.4 Å². The fourth-order valence-electron chi connectivity index (χ4n) is 4.95. The quantitative estimate of drug-likeness (QED) is 0.0765. The second kappa shape index (κ2) is 17.1. The number of rotatable bonds is 21. The maximum Gasteiger partial charge on any atom is 0.297 e. The van der Waals surface area contributed by atoms with Crippen molar-refractivity contribution in [1.29, 1.82) is 0 Å². The van der Waals surface area contributed by atoms with Crippen molar-refractivity contribution >= 4 is 15.8 Å². The van der Waals surface area contributed by atoms with Crippen LogP contribution in [0.15, 0.2) is 29.2 Å². The molecule has 0 aromatic heterocycles. The number of unbranched alkanes of at least 4 members (excludes halogenated alkanes) is 13. The van der Waals surface area contributed by atoms with Crippen molar-refractivity contribution in [1.82, 2.24) is 0 Å². The van der Waals surface area contributed by atoms with Gasteiger partial charge in [0, 0.05) is 18.7 Å². The molecule has 37 heavy (non-hydrogen) atoms. The van der Waals surface area contributed by atoms with Crippen molar-refractivity contribution in [2.24, 2.45) is 0 Å². The Morgan fingerprint density at radius 2 is 1.54 bits per heavy atom. The van der Waals surface area contributed by atoms with Gasteiger partial charge in [0.1, 0.15) is 10.5 Å². The minimum Gasteiger partial charge on any atom is -0.385 e. The molecule has 0 saturated heterocycles. The van der Waals surface area contributed by atoms with Crippen LogP contribution in [0.1, 0.15) is 116 Å². The van der Waals surface area contributed by atoms with Gasteiger partial charge in [0.25, 0.3) is 15.8 Å². The maximum absolute atomic E-state index is 12.5. The van der Waals surface area contributed by atoms with Crippen LogP contribution in [-0.4, -0.2) is 43.4 Å². The molecule has 9 heteroatoms. The van der Waals surface area contributed by atoms with Gasteiger partial charge in [0.15, 0.2) is 0 Å². The van der Waals surface area contributed by atoms with E-state index < -0.39 is 33.4 Å². The van der Waals surface area contributed by atoms with Gasteiger partial charge in [-0.15, -0.1) is 0 Å². The lowest BCUT2D eigenvalue weighted by atomic mass is 10.0. The average Bonchev–Trinajstić information content (AvgIpc) is 3.25. The standard InChI is InChI=1S/C28H47NO7S/c1-2-3-4-5-6-7-8-9-10-11-12-13-14-15-22-35-27-20-17-21-28(27,30)24-36-37(33,34)26-19-16-18-25(23-26)29(31)32/h16,18-19,23,27,30H,2-15,17,20-22,24H2,1H3/t27-,28+/m0/s1. The Morgan fingerprint density at radius 3 is 2.11 bits per heavy atom. The normalized spacial score (nSPS) is 19.9. The Hall–Kier alpha value is -1.55. The molecular weight excluding hydrogens is 494 g/mol. The van der Waals surface area contributed by atoms with Crippen LogP contribution in [0.2, 0.25) is 0 Å².